The highest BCUT2D eigenvalue weighted by atomic mass is 35.5. The van der Waals surface area contributed by atoms with E-state index in [4.69, 9.17) is 17.3 Å². The number of amides is 2. The summed E-state index contributed by atoms with van der Waals surface area (Å²) in [7, 11) is 0. The molecule has 12 heavy (non-hydrogen) atoms. The number of urea groups is 1. The van der Waals surface area contributed by atoms with Crippen LogP contribution in [0.1, 0.15) is 0 Å². The Bertz CT molecular complexity index is 292. The van der Waals surface area contributed by atoms with Crippen LogP contribution in [-0.4, -0.2) is 6.03 Å². The van der Waals surface area contributed by atoms with E-state index in [9.17, 15) is 4.79 Å². The second-order valence-electron chi connectivity index (χ2n) is 2.03. The number of halogens is 1. The van der Waals surface area contributed by atoms with Crippen LogP contribution in [0.5, 0.6) is 0 Å². The van der Waals surface area contributed by atoms with Crippen LogP contribution >= 0.6 is 23.5 Å². The van der Waals surface area contributed by atoms with Gasteiger partial charge in [0.05, 0.1) is 0 Å². The molecule has 1 rings (SSSR count). The lowest BCUT2D eigenvalue weighted by molar-refractivity contribution is 0.254. The number of carbonyl (C=O) groups excluding carboxylic acids is 1. The zero-order chi connectivity index (χ0) is 8.97. The lowest BCUT2D eigenvalue weighted by atomic mass is 10.4. The minimum absolute atomic E-state index is 0.569. The van der Waals surface area contributed by atoms with Crippen LogP contribution in [0.2, 0.25) is 5.02 Å². The molecule has 0 aliphatic heterocycles. The summed E-state index contributed by atoms with van der Waals surface area (Å²) in [6.45, 7) is 0. The average molecular weight is 203 g/mol. The van der Waals surface area contributed by atoms with Crippen molar-refractivity contribution >= 4 is 29.6 Å². The van der Waals surface area contributed by atoms with Crippen LogP contribution < -0.4 is 10.5 Å². The van der Waals surface area contributed by atoms with Crippen LogP contribution in [0, 0.1) is 0 Å². The Kier molecular flexibility index (Phi) is 3.25. The van der Waals surface area contributed by atoms with E-state index >= 15 is 0 Å². The maximum absolute atomic E-state index is 10.3. The van der Waals surface area contributed by atoms with E-state index in [0.29, 0.717) is 5.02 Å². The SMILES string of the molecule is NC(=O)NSc1cccc(Cl)c1. The maximum Gasteiger partial charge on any atom is 0.322 e. The molecule has 1 aromatic carbocycles. The van der Waals surface area contributed by atoms with Crippen molar-refractivity contribution in [2.45, 2.75) is 4.90 Å². The highest BCUT2D eigenvalue weighted by Crippen LogP contribution is 2.18. The van der Waals surface area contributed by atoms with Gasteiger partial charge in [0.25, 0.3) is 0 Å². The monoisotopic (exact) mass is 202 g/mol. The average Bonchev–Trinajstić information content (AvgIpc) is 2.01. The highest BCUT2D eigenvalue weighted by Gasteiger charge is 1.96. The molecule has 0 aliphatic rings. The molecule has 0 unspecified atom stereocenters. The molecule has 3 N–H and O–H groups in total. The van der Waals surface area contributed by atoms with Crippen molar-refractivity contribution in [1.29, 1.82) is 0 Å². The Morgan fingerprint density at radius 3 is 2.92 bits per heavy atom. The predicted octanol–water partition coefficient (Wildman–Crippen LogP) is 2.02. The van der Waals surface area contributed by atoms with E-state index in [1.54, 1.807) is 18.2 Å². The standard InChI is InChI=1S/C7H7ClN2OS/c8-5-2-1-3-6(4-5)12-10-7(9)11/h1-4H,(H3,9,10,11). The molecule has 0 saturated heterocycles. The summed E-state index contributed by atoms with van der Waals surface area (Å²) >= 11 is 6.84. The van der Waals surface area contributed by atoms with Crippen LogP contribution in [-0.2, 0) is 0 Å². The molecule has 2 amide bonds. The van der Waals surface area contributed by atoms with Gasteiger partial charge in [0.1, 0.15) is 0 Å². The van der Waals surface area contributed by atoms with Crippen LogP contribution in [0.4, 0.5) is 4.79 Å². The predicted molar refractivity (Wildman–Crippen MR) is 50.0 cm³/mol. The third kappa shape index (κ3) is 3.02. The molecule has 0 fully saturated rings. The summed E-state index contributed by atoms with van der Waals surface area (Å²) in [4.78, 5) is 11.2. The number of hydrogen-bond donors (Lipinski definition) is 2. The summed E-state index contributed by atoms with van der Waals surface area (Å²) in [5, 5.41) is 0.631. The molecule has 1 aromatic rings. The first-order valence-electron chi connectivity index (χ1n) is 3.16. The highest BCUT2D eigenvalue weighted by molar-refractivity contribution is 7.98. The summed E-state index contributed by atoms with van der Waals surface area (Å²) in [6, 6.07) is 6.55. The van der Waals surface area contributed by atoms with Crippen LogP contribution in [0.15, 0.2) is 29.2 Å². The first-order chi connectivity index (χ1) is 5.68. The van der Waals surface area contributed by atoms with Gasteiger partial charge in [-0.1, -0.05) is 17.7 Å². The van der Waals surface area contributed by atoms with Gasteiger partial charge in [-0.3, -0.25) is 4.72 Å². The fourth-order valence-electron chi connectivity index (χ4n) is 0.640. The van der Waals surface area contributed by atoms with Crippen LogP contribution in [0.25, 0.3) is 0 Å². The summed E-state index contributed by atoms with van der Waals surface area (Å²) in [5.74, 6) is 0. The number of nitrogens with one attached hydrogen (secondary N) is 1. The third-order valence-corrected chi connectivity index (χ3v) is 2.09. The summed E-state index contributed by atoms with van der Waals surface area (Å²) in [5.41, 5.74) is 4.87. The lowest BCUT2D eigenvalue weighted by Crippen LogP contribution is -2.22. The number of benzene rings is 1. The van der Waals surface area contributed by atoms with Crippen molar-refractivity contribution in [3.05, 3.63) is 29.3 Å². The number of nitrogens with two attached hydrogens (primary N) is 1. The smallest absolute Gasteiger partial charge is 0.322 e. The van der Waals surface area contributed by atoms with Gasteiger partial charge in [0.15, 0.2) is 0 Å². The minimum atomic E-state index is -0.569. The number of primary amides is 1. The van der Waals surface area contributed by atoms with E-state index in [1.165, 1.54) is 0 Å². The zero-order valence-electron chi connectivity index (χ0n) is 6.08. The van der Waals surface area contributed by atoms with Gasteiger partial charge in [-0.15, -0.1) is 0 Å². The van der Waals surface area contributed by atoms with Gasteiger partial charge in [0, 0.05) is 9.92 Å². The van der Waals surface area contributed by atoms with Gasteiger partial charge in [-0.05, 0) is 30.1 Å². The second kappa shape index (κ2) is 4.23. The van der Waals surface area contributed by atoms with Crippen molar-refractivity contribution in [3.63, 3.8) is 0 Å². The van der Waals surface area contributed by atoms with E-state index in [0.717, 1.165) is 16.8 Å². The lowest BCUT2D eigenvalue weighted by Gasteiger charge is -1.99. The van der Waals surface area contributed by atoms with Gasteiger partial charge >= 0.3 is 6.03 Å². The zero-order valence-corrected chi connectivity index (χ0v) is 7.65. The fraction of sp³-hybridized carbons (Fsp3) is 0. The molecule has 0 atom stereocenters. The van der Waals surface area contributed by atoms with E-state index < -0.39 is 6.03 Å². The van der Waals surface area contributed by atoms with Crippen molar-refractivity contribution in [1.82, 2.24) is 4.72 Å². The van der Waals surface area contributed by atoms with Crippen molar-refractivity contribution in [2.24, 2.45) is 5.73 Å². The normalized spacial score (nSPS) is 9.42. The molecule has 5 heteroatoms. The molecule has 0 spiro atoms. The number of rotatable bonds is 2. The van der Waals surface area contributed by atoms with Crippen molar-refractivity contribution in [3.8, 4) is 0 Å². The fourth-order valence-corrected chi connectivity index (χ4v) is 1.45. The molecule has 64 valence electrons. The van der Waals surface area contributed by atoms with E-state index in [2.05, 4.69) is 4.72 Å². The molecular formula is C7H7ClN2OS. The third-order valence-electron chi connectivity index (χ3n) is 1.07. The van der Waals surface area contributed by atoms with E-state index in [1.807, 2.05) is 6.07 Å². The first-order valence-corrected chi connectivity index (χ1v) is 4.36. The molecule has 0 bridgehead atoms. The Morgan fingerprint density at radius 2 is 2.33 bits per heavy atom. The Balaban J connectivity index is 2.57. The Hall–Kier alpha value is -0.870. The number of carbonyl (C=O) groups is 1. The number of hydrogen-bond acceptors (Lipinski definition) is 2. The van der Waals surface area contributed by atoms with Crippen molar-refractivity contribution in [2.75, 3.05) is 0 Å². The van der Waals surface area contributed by atoms with Gasteiger partial charge in [0.2, 0.25) is 0 Å². The minimum Gasteiger partial charge on any atom is -0.351 e. The van der Waals surface area contributed by atoms with Gasteiger partial charge < -0.3 is 5.73 Å². The summed E-state index contributed by atoms with van der Waals surface area (Å²) < 4.78 is 2.39. The first kappa shape index (κ1) is 9.22. The largest absolute Gasteiger partial charge is 0.351 e. The molecule has 0 aliphatic carbocycles. The second-order valence-corrected chi connectivity index (χ2v) is 3.34. The van der Waals surface area contributed by atoms with Crippen molar-refractivity contribution < 1.29 is 4.79 Å². The Morgan fingerprint density at radius 1 is 1.58 bits per heavy atom. The quantitative estimate of drug-likeness (QED) is 0.721. The molecule has 0 aromatic heterocycles. The van der Waals surface area contributed by atoms with E-state index in [-0.39, 0.29) is 0 Å². The molecule has 0 heterocycles. The topological polar surface area (TPSA) is 55.1 Å². The molecule has 3 nitrogen and oxygen atoms in total. The molecular weight excluding hydrogens is 196 g/mol. The molecule has 0 saturated carbocycles. The molecule has 0 radical (unpaired) electrons. The summed E-state index contributed by atoms with van der Waals surface area (Å²) in [6.07, 6.45) is 0. The maximum atomic E-state index is 10.3. The Labute approximate surface area is 79.4 Å². The van der Waals surface area contributed by atoms with Crippen LogP contribution in [0.3, 0.4) is 0 Å². The van der Waals surface area contributed by atoms with Gasteiger partial charge in [-0.2, -0.15) is 0 Å². The van der Waals surface area contributed by atoms with Gasteiger partial charge in [-0.25, -0.2) is 4.79 Å².